The van der Waals surface area contributed by atoms with E-state index < -0.39 is 0 Å². The minimum atomic E-state index is -0.273. The number of nitrogens with zero attached hydrogens (tertiary/aromatic N) is 1. The van der Waals surface area contributed by atoms with E-state index in [-0.39, 0.29) is 12.0 Å². The molecule has 1 aromatic carbocycles. The van der Waals surface area contributed by atoms with Crippen LogP contribution in [0, 0.1) is 0 Å². The Morgan fingerprint density at radius 1 is 1.27 bits per heavy atom. The maximum atomic E-state index is 12.6. The zero-order valence-electron chi connectivity index (χ0n) is 15.0. The summed E-state index contributed by atoms with van der Waals surface area (Å²) in [7, 11) is 3.12. The van der Waals surface area contributed by atoms with E-state index in [1.165, 1.54) is 6.20 Å². The summed E-state index contributed by atoms with van der Waals surface area (Å²) in [5, 5.41) is 6.11. The maximum absolute atomic E-state index is 12.6. The van der Waals surface area contributed by atoms with Crippen LogP contribution < -0.4 is 20.1 Å². The van der Waals surface area contributed by atoms with Gasteiger partial charge in [0.25, 0.3) is 5.91 Å². The third-order valence-electron chi connectivity index (χ3n) is 4.21. The van der Waals surface area contributed by atoms with Gasteiger partial charge in [-0.1, -0.05) is 0 Å². The van der Waals surface area contributed by atoms with Crippen LogP contribution in [0.5, 0.6) is 11.5 Å². The number of hydrogen-bond acceptors (Lipinski definition) is 6. The Hall–Kier alpha value is -2.80. The van der Waals surface area contributed by atoms with Gasteiger partial charge in [0.05, 0.1) is 37.3 Å². The summed E-state index contributed by atoms with van der Waals surface area (Å²) in [6.45, 7) is 1.52. The van der Waals surface area contributed by atoms with E-state index in [1.807, 2.05) is 0 Å². The van der Waals surface area contributed by atoms with Crippen LogP contribution in [0.2, 0.25) is 0 Å². The highest BCUT2D eigenvalue weighted by atomic mass is 16.5. The lowest BCUT2D eigenvalue weighted by Gasteiger charge is -2.13. The molecule has 0 bridgehead atoms. The van der Waals surface area contributed by atoms with Crippen molar-refractivity contribution in [3.8, 4) is 11.5 Å². The number of rotatable bonds is 7. The molecule has 26 heavy (non-hydrogen) atoms. The third kappa shape index (κ3) is 4.43. The number of pyridine rings is 1. The number of benzene rings is 1. The molecule has 1 atom stereocenters. The first kappa shape index (κ1) is 18.0. The largest absolute Gasteiger partial charge is 0.497 e. The van der Waals surface area contributed by atoms with Gasteiger partial charge in [-0.05, 0) is 31.0 Å². The van der Waals surface area contributed by atoms with Crippen LogP contribution >= 0.6 is 0 Å². The first-order chi connectivity index (χ1) is 12.7. The molecule has 1 saturated heterocycles. The van der Waals surface area contributed by atoms with Crippen LogP contribution in [-0.4, -0.2) is 44.4 Å². The van der Waals surface area contributed by atoms with E-state index >= 15 is 0 Å². The topological polar surface area (TPSA) is 81.7 Å². The number of nitrogens with one attached hydrogen (secondary N) is 2. The lowest BCUT2D eigenvalue weighted by Crippen LogP contribution is -2.19. The normalized spacial score (nSPS) is 16.2. The molecule has 1 aromatic heterocycles. The van der Waals surface area contributed by atoms with Gasteiger partial charge < -0.3 is 24.8 Å². The van der Waals surface area contributed by atoms with Gasteiger partial charge in [-0.2, -0.15) is 0 Å². The molecule has 0 saturated carbocycles. The fourth-order valence-corrected chi connectivity index (χ4v) is 2.80. The predicted octanol–water partition coefficient (Wildman–Crippen LogP) is 2.94. The van der Waals surface area contributed by atoms with Gasteiger partial charge >= 0.3 is 0 Å². The Labute approximate surface area is 152 Å². The Morgan fingerprint density at radius 3 is 2.88 bits per heavy atom. The average Bonchev–Trinajstić information content (AvgIpc) is 3.20. The highest BCUT2D eigenvalue weighted by Crippen LogP contribution is 2.29. The maximum Gasteiger partial charge on any atom is 0.257 e. The number of carbonyl (C=O) groups excluding carboxylic acids is 1. The van der Waals surface area contributed by atoms with Crippen LogP contribution in [0.1, 0.15) is 23.2 Å². The molecule has 0 spiro atoms. The highest BCUT2D eigenvalue weighted by Gasteiger charge is 2.16. The van der Waals surface area contributed by atoms with Gasteiger partial charge in [0.15, 0.2) is 0 Å². The van der Waals surface area contributed by atoms with Crippen molar-refractivity contribution in [2.75, 3.05) is 38.0 Å². The minimum Gasteiger partial charge on any atom is -0.497 e. The second-order valence-corrected chi connectivity index (χ2v) is 6.00. The van der Waals surface area contributed by atoms with Crippen molar-refractivity contribution in [3.63, 3.8) is 0 Å². The Morgan fingerprint density at radius 2 is 2.15 bits per heavy atom. The molecular weight excluding hydrogens is 334 g/mol. The summed E-state index contributed by atoms with van der Waals surface area (Å²) in [5.74, 6) is 0.913. The summed E-state index contributed by atoms with van der Waals surface area (Å²) < 4.78 is 16.1. The number of hydrogen-bond donors (Lipinski definition) is 2. The van der Waals surface area contributed by atoms with Crippen molar-refractivity contribution in [1.82, 2.24) is 4.98 Å². The SMILES string of the molecule is COc1ccc(OC)c(NC(=O)c2cncc(NCC3CCCO3)c2)c1. The quantitative estimate of drug-likeness (QED) is 0.793. The Bertz CT molecular complexity index is 760. The van der Waals surface area contributed by atoms with E-state index in [9.17, 15) is 4.79 Å². The van der Waals surface area contributed by atoms with Crippen LogP contribution in [0.15, 0.2) is 36.7 Å². The van der Waals surface area contributed by atoms with Gasteiger partial charge in [0, 0.05) is 31.6 Å². The van der Waals surface area contributed by atoms with Crippen molar-refractivity contribution < 1.29 is 19.0 Å². The zero-order chi connectivity index (χ0) is 18.4. The predicted molar refractivity (Wildman–Crippen MR) is 99.2 cm³/mol. The second-order valence-electron chi connectivity index (χ2n) is 6.00. The van der Waals surface area contributed by atoms with Crippen LogP contribution in [-0.2, 0) is 4.74 Å². The first-order valence-corrected chi connectivity index (χ1v) is 8.53. The fraction of sp³-hybridized carbons (Fsp3) is 0.368. The van der Waals surface area contributed by atoms with E-state index in [0.717, 1.165) is 25.1 Å². The highest BCUT2D eigenvalue weighted by molar-refractivity contribution is 6.05. The zero-order valence-corrected chi connectivity index (χ0v) is 15.0. The number of methoxy groups -OCH3 is 2. The van der Waals surface area contributed by atoms with Crippen LogP contribution in [0.4, 0.5) is 11.4 Å². The molecular formula is C19H23N3O4. The molecule has 1 fully saturated rings. The molecule has 0 radical (unpaired) electrons. The first-order valence-electron chi connectivity index (χ1n) is 8.53. The molecule has 1 amide bonds. The Kier molecular flexibility index (Phi) is 5.91. The summed E-state index contributed by atoms with van der Waals surface area (Å²) in [5.41, 5.74) is 1.77. The molecule has 2 N–H and O–H groups in total. The average molecular weight is 357 g/mol. The number of ether oxygens (including phenoxy) is 3. The fourth-order valence-electron chi connectivity index (χ4n) is 2.80. The molecule has 7 nitrogen and oxygen atoms in total. The van der Waals surface area contributed by atoms with Crippen molar-refractivity contribution in [3.05, 3.63) is 42.2 Å². The van der Waals surface area contributed by atoms with E-state index in [0.29, 0.717) is 29.3 Å². The molecule has 0 aliphatic carbocycles. The summed E-state index contributed by atoms with van der Waals surface area (Å²) in [6.07, 6.45) is 5.58. The van der Waals surface area contributed by atoms with Gasteiger partial charge in [-0.25, -0.2) is 0 Å². The van der Waals surface area contributed by atoms with Crippen molar-refractivity contribution >= 4 is 17.3 Å². The molecule has 1 unspecified atom stereocenters. The molecule has 138 valence electrons. The Balaban J connectivity index is 1.68. The van der Waals surface area contributed by atoms with Gasteiger partial charge in [-0.15, -0.1) is 0 Å². The lowest BCUT2D eigenvalue weighted by molar-refractivity contribution is 0.102. The molecule has 2 aromatic rings. The molecule has 1 aliphatic heterocycles. The van der Waals surface area contributed by atoms with Gasteiger partial charge in [0.1, 0.15) is 11.5 Å². The van der Waals surface area contributed by atoms with Crippen LogP contribution in [0.25, 0.3) is 0 Å². The van der Waals surface area contributed by atoms with E-state index in [2.05, 4.69) is 15.6 Å². The molecule has 7 heteroatoms. The van der Waals surface area contributed by atoms with E-state index in [1.54, 1.807) is 44.7 Å². The lowest BCUT2D eigenvalue weighted by atomic mass is 10.2. The van der Waals surface area contributed by atoms with Gasteiger partial charge in [0.2, 0.25) is 0 Å². The number of aromatic nitrogens is 1. The number of carbonyl (C=O) groups is 1. The number of anilines is 2. The number of amides is 1. The minimum absolute atomic E-state index is 0.216. The summed E-state index contributed by atoms with van der Waals surface area (Å²) in [4.78, 5) is 16.7. The van der Waals surface area contributed by atoms with Crippen molar-refractivity contribution in [2.45, 2.75) is 18.9 Å². The monoisotopic (exact) mass is 357 g/mol. The summed E-state index contributed by atoms with van der Waals surface area (Å²) in [6, 6.07) is 6.99. The van der Waals surface area contributed by atoms with Crippen molar-refractivity contribution in [1.29, 1.82) is 0 Å². The van der Waals surface area contributed by atoms with E-state index in [4.69, 9.17) is 14.2 Å². The second kappa shape index (κ2) is 8.53. The standard InChI is InChI=1S/C19H23N3O4/c1-24-15-5-6-18(25-2)17(9-15)22-19(23)13-8-14(11-20-10-13)21-12-16-4-3-7-26-16/h5-6,8-11,16,21H,3-4,7,12H2,1-2H3,(H,22,23). The van der Waals surface area contributed by atoms with Gasteiger partial charge in [-0.3, -0.25) is 9.78 Å². The van der Waals surface area contributed by atoms with Crippen LogP contribution in [0.3, 0.4) is 0 Å². The van der Waals surface area contributed by atoms with Crippen molar-refractivity contribution in [2.24, 2.45) is 0 Å². The molecule has 3 rings (SSSR count). The third-order valence-corrected chi connectivity index (χ3v) is 4.21. The smallest absolute Gasteiger partial charge is 0.257 e. The summed E-state index contributed by atoms with van der Waals surface area (Å²) >= 11 is 0. The molecule has 1 aliphatic rings. The molecule has 2 heterocycles.